The molecule has 0 radical (unpaired) electrons. The van der Waals surface area contributed by atoms with Crippen molar-refractivity contribution in [3.8, 4) is 0 Å². The van der Waals surface area contributed by atoms with Gasteiger partial charge in [-0.15, -0.1) is 11.3 Å². The number of aliphatic hydroxyl groups is 1. The number of thiophene rings is 1. The minimum atomic E-state index is 0.216. The van der Waals surface area contributed by atoms with E-state index in [-0.39, 0.29) is 18.1 Å². The molecule has 1 rings (SSSR count). The van der Waals surface area contributed by atoms with Crippen molar-refractivity contribution >= 4 is 11.3 Å². The van der Waals surface area contributed by atoms with Crippen LogP contribution >= 0.6 is 11.3 Å². The summed E-state index contributed by atoms with van der Waals surface area (Å²) in [4.78, 5) is 2.76. The molecule has 2 N–H and O–H groups in total. The van der Waals surface area contributed by atoms with Crippen molar-refractivity contribution < 1.29 is 5.11 Å². The van der Waals surface area contributed by atoms with Gasteiger partial charge in [-0.2, -0.15) is 0 Å². The lowest BCUT2D eigenvalue weighted by Gasteiger charge is -2.15. The fraction of sp³-hybridized carbons (Fsp3) is 0.692. The summed E-state index contributed by atoms with van der Waals surface area (Å²) in [5.41, 5.74) is 0.240. The highest BCUT2D eigenvalue weighted by molar-refractivity contribution is 7.12. The fourth-order valence-electron chi connectivity index (χ4n) is 1.46. The zero-order valence-electron chi connectivity index (χ0n) is 10.7. The largest absolute Gasteiger partial charge is 0.395 e. The maximum atomic E-state index is 9.08. The molecule has 0 aliphatic heterocycles. The summed E-state index contributed by atoms with van der Waals surface area (Å²) in [5.74, 6) is 0. The lowest BCUT2D eigenvalue weighted by molar-refractivity contribution is 0.238. The van der Waals surface area contributed by atoms with Gasteiger partial charge in [-0.1, -0.05) is 27.7 Å². The van der Waals surface area contributed by atoms with Gasteiger partial charge in [0, 0.05) is 22.3 Å². The summed E-state index contributed by atoms with van der Waals surface area (Å²) in [6, 6.07) is 4.62. The van der Waals surface area contributed by atoms with Crippen LogP contribution in [-0.4, -0.2) is 17.8 Å². The van der Waals surface area contributed by atoms with Crippen molar-refractivity contribution in [3.63, 3.8) is 0 Å². The third-order valence-corrected chi connectivity index (χ3v) is 4.19. The molecule has 0 aliphatic rings. The van der Waals surface area contributed by atoms with Crippen LogP contribution in [0.2, 0.25) is 0 Å². The molecule has 0 saturated heterocycles. The van der Waals surface area contributed by atoms with E-state index in [0.29, 0.717) is 0 Å². The molecule has 0 aliphatic carbocycles. The standard InChI is InChI=1S/C13H23NOS/c1-5-10(9-15)14-8-11-6-7-12(16-11)13(2,3)4/h6-7,10,14-15H,5,8-9H2,1-4H3/t10-/m0/s1. The lowest BCUT2D eigenvalue weighted by Crippen LogP contribution is -2.30. The lowest BCUT2D eigenvalue weighted by atomic mass is 9.95. The summed E-state index contributed by atoms with van der Waals surface area (Å²) in [6.07, 6.45) is 0.966. The maximum absolute atomic E-state index is 9.08. The van der Waals surface area contributed by atoms with Gasteiger partial charge in [-0.05, 0) is 24.0 Å². The molecule has 16 heavy (non-hydrogen) atoms. The van der Waals surface area contributed by atoms with Gasteiger partial charge < -0.3 is 10.4 Å². The quantitative estimate of drug-likeness (QED) is 0.831. The molecular weight excluding hydrogens is 218 g/mol. The minimum Gasteiger partial charge on any atom is -0.395 e. The number of nitrogens with one attached hydrogen (secondary N) is 1. The Bertz CT molecular complexity index is 310. The average Bonchev–Trinajstić information content (AvgIpc) is 2.67. The molecule has 0 amide bonds. The highest BCUT2D eigenvalue weighted by Crippen LogP contribution is 2.29. The van der Waals surface area contributed by atoms with Crippen molar-refractivity contribution in [1.29, 1.82) is 0 Å². The molecule has 2 nitrogen and oxygen atoms in total. The second kappa shape index (κ2) is 5.80. The van der Waals surface area contributed by atoms with E-state index in [0.717, 1.165) is 13.0 Å². The number of rotatable bonds is 5. The van der Waals surface area contributed by atoms with E-state index in [1.807, 2.05) is 11.3 Å². The van der Waals surface area contributed by atoms with Gasteiger partial charge in [-0.3, -0.25) is 0 Å². The van der Waals surface area contributed by atoms with Crippen LogP contribution in [0.3, 0.4) is 0 Å². The van der Waals surface area contributed by atoms with Crippen molar-refractivity contribution in [3.05, 3.63) is 21.9 Å². The summed E-state index contributed by atoms with van der Waals surface area (Å²) in [5, 5.41) is 12.4. The Kier molecular flexibility index (Phi) is 4.96. The second-order valence-corrected chi connectivity index (χ2v) is 6.35. The van der Waals surface area contributed by atoms with Crippen molar-refractivity contribution in [2.75, 3.05) is 6.61 Å². The van der Waals surface area contributed by atoms with Crippen LogP contribution < -0.4 is 5.32 Å². The maximum Gasteiger partial charge on any atom is 0.0584 e. The van der Waals surface area contributed by atoms with E-state index in [9.17, 15) is 0 Å². The van der Waals surface area contributed by atoms with Crippen LogP contribution in [0.5, 0.6) is 0 Å². The second-order valence-electron chi connectivity index (χ2n) is 5.18. The molecule has 1 aromatic heterocycles. The van der Waals surface area contributed by atoms with Gasteiger partial charge in [-0.25, -0.2) is 0 Å². The third-order valence-electron chi connectivity index (χ3n) is 2.68. The van der Waals surface area contributed by atoms with E-state index in [1.165, 1.54) is 9.75 Å². The summed E-state index contributed by atoms with van der Waals surface area (Å²) in [6.45, 7) is 9.87. The molecule has 0 saturated carbocycles. The Morgan fingerprint density at radius 1 is 1.38 bits per heavy atom. The normalized spacial score (nSPS) is 14.1. The molecule has 0 unspecified atom stereocenters. The van der Waals surface area contributed by atoms with Gasteiger partial charge in [0.2, 0.25) is 0 Å². The van der Waals surface area contributed by atoms with Crippen molar-refractivity contribution in [2.45, 2.75) is 52.1 Å². The first-order valence-corrected chi connectivity index (χ1v) is 6.72. The first kappa shape index (κ1) is 13.7. The van der Waals surface area contributed by atoms with Gasteiger partial charge >= 0.3 is 0 Å². The molecule has 1 atom stereocenters. The van der Waals surface area contributed by atoms with E-state index in [1.54, 1.807) is 0 Å². The number of hydrogen-bond donors (Lipinski definition) is 2. The first-order valence-electron chi connectivity index (χ1n) is 5.90. The van der Waals surface area contributed by atoms with E-state index < -0.39 is 0 Å². The van der Waals surface area contributed by atoms with Crippen molar-refractivity contribution in [2.24, 2.45) is 0 Å². The molecule has 0 fully saturated rings. The highest BCUT2D eigenvalue weighted by Gasteiger charge is 2.16. The van der Waals surface area contributed by atoms with E-state index in [4.69, 9.17) is 5.11 Å². The SMILES string of the molecule is CC[C@@H](CO)NCc1ccc(C(C)(C)C)s1. The van der Waals surface area contributed by atoms with Crippen LogP contribution in [0.15, 0.2) is 12.1 Å². The highest BCUT2D eigenvalue weighted by atomic mass is 32.1. The molecular formula is C13H23NOS. The third kappa shape index (κ3) is 3.89. The fourth-order valence-corrected chi connectivity index (χ4v) is 2.48. The molecule has 0 aromatic carbocycles. The van der Waals surface area contributed by atoms with Crippen LogP contribution in [0.25, 0.3) is 0 Å². The van der Waals surface area contributed by atoms with Gasteiger partial charge in [0.15, 0.2) is 0 Å². The Hall–Kier alpha value is -0.380. The zero-order valence-corrected chi connectivity index (χ0v) is 11.5. The summed E-state index contributed by atoms with van der Waals surface area (Å²) >= 11 is 1.86. The Morgan fingerprint density at radius 3 is 2.50 bits per heavy atom. The number of aliphatic hydroxyl groups excluding tert-OH is 1. The van der Waals surface area contributed by atoms with Crippen LogP contribution in [0.4, 0.5) is 0 Å². The summed E-state index contributed by atoms with van der Waals surface area (Å²) < 4.78 is 0. The Labute approximate surface area is 103 Å². The predicted octanol–water partition coefficient (Wildman–Crippen LogP) is 2.91. The molecule has 92 valence electrons. The topological polar surface area (TPSA) is 32.3 Å². The minimum absolute atomic E-state index is 0.216. The molecule has 3 heteroatoms. The molecule has 0 bridgehead atoms. The van der Waals surface area contributed by atoms with Gasteiger partial charge in [0.25, 0.3) is 0 Å². The van der Waals surface area contributed by atoms with Crippen LogP contribution in [0, 0.1) is 0 Å². The van der Waals surface area contributed by atoms with Gasteiger partial charge in [0.05, 0.1) is 6.61 Å². The van der Waals surface area contributed by atoms with E-state index >= 15 is 0 Å². The van der Waals surface area contributed by atoms with Crippen LogP contribution in [0.1, 0.15) is 43.9 Å². The monoisotopic (exact) mass is 241 g/mol. The molecule has 1 aromatic rings. The Morgan fingerprint density at radius 2 is 2.06 bits per heavy atom. The Balaban J connectivity index is 2.53. The average molecular weight is 241 g/mol. The number of hydrogen-bond acceptors (Lipinski definition) is 3. The smallest absolute Gasteiger partial charge is 0.0584 e. The molecule has 0 spiro atoms. The van der Waals surface area contributed by atoms with Gasteiger partial charge in [0.1, 0.15) is 0 Å². The molecule has 1 heterocycles. The summed E-state index contributed by atoms with van der Waals surface area (Å²) in [7, 11) is 0. The van der Waals surface area contributed by atoms with Crippen molar-refractivity contribution in [1.82, 2.24) is 5.32 Å². The van der Waals surface area contributed by atoms with Crippen LogP contribution in [-0.2, 0) is 12.0 Å². The first-order chi connectivity index (χ1) is 7.47. The van der Waals surface area contributed by atoms with E-state index in [2.05, 4.69) is 45.1 Å². The zero-order chi connectivity index (χ0) is 12.2. The predicted molar refractivity (Wildman–Crippen MR) is 71.0 cm³/mol.